The number of para-hydroxylation sites is 2. The predicted molar refractivity (Wildman–Crippen MR) is 50.5 cm³/mol. The molecule has 0 aliphatic heterocycles. The summed E-state index contributed by atoms with van der Waals surface area (Å²) in [6.07, 6.45) is 2.22. The Morgan fingerprint density at radius 2 is 2.07 bits per heavy atom. The minimum Gasteiger partial charge on any atom is -0.594 e. The number of hydrogen-bond acceptors (Lipinski definition) is 3. The summed E-state index contributed by atoms with van der Waals surface area (Å²) < 4.78 is 0. The molecule has 14 heavy (non-hydrogen) atoms. The maximum Gasteiger partial charge on any atom is 0.270 e. The van der Waals surface area contributed by atoms with Crippen LogP contribution in [-0.4, -0.2) is 10.1 Å². The summed E-state index contributed by atoms with van der Waals surface area (Å²) in [5, 5.41) is 15.4. The first-order valence-corrected chi connectivity index (χ1v) is 4.71. The highest BCUT2D eigenvalue weighted by atomic mass is 16.5. The molecule has 0 N–H and O–H groups in total. The van der Waals surface area contributed by atoms with Crippen LogP contribution in [0.1, 0.15) is 24.6 Å². The Kier molecular flexibility index (Phi) is 1.45. The van der Waals surface area contributed by atoms with Gasteiger partial charge < -0.3 is 5.21 Å². The zero-order valence-corrected chi connectivity index (χ0v) is 7.55. The molecular weight excluding hydrogens is 178 g/mol. The van der Waals surface area contributed by atoms with E-state index in [-0.39, 0.29) is 0 Å². The molecule has 0 radical (unpaired) electrons. The van der Waals surface area contributed by atoms with Gasteiger partial charge in [0.15, 0.2) is 0 Å². The number of rotatable bonds is 1. The Hall–Kier alpha value is -1.71. The van der Waals surface area contributed by atoms with E-state index in [1.807, 2.05) is 18.2 Å². The van der Waals surface area contributed by atoms with Crippen LogP contribution in [-0.2, 0) is 0 Å². The van der Waals surface area contributed by atoms with Gasteiger partial charge in [-0.2, -0.15) is 0 Å². The highest BCUT2D eigenvalue weighted by molar-refractivity contribution is 5.70. The minimum absolute atomic E-state index is 0.416. The lowest BCUT2D eigenvalue weighted by atomic mass is 10.3. The van der Waals surface area contributed by atoms with Gasteiger partial charge in [0.25, 0.3) is 5.52 Å². The standard InChI is InChI=1S/C10H9N3O/c14-13-9-4-2-1-3-8(9)11-10(12-13)7-5-6-7/h1-4,7H,5-6H2. The van der Waals surface area contributed by atoms with Gasteiger partial charge in [-0.05, 0) is 23.8 Å². The molecule has 2 aromatic rings. The summed E-state index contributed by atoms with van der Waals surface area (Å²) in [6.45, 7) is 0. The molecule has 0 unspecified atom stereocenters. The summed E-state index contributed by atoms with van der Waals surface area (Å²) >= 11 is 0. The average Bonchev–Trinajstić information content (AvgIpc) is 3.01. The second-order valence-corrected chi connectivity index (χ2v) is 3.61. The maximum atomic E-state index is 11.5. The number of aromatic nitrogens is 3. The largest absolute Gasteiger partial charge is 0.594 e. The van der Waals surface area contributed by atoms with Gasteiger partial charge in [0.2, 0.25) is 5.82 Å². The zero-order valence-electron chi connectivity index (χ0n) is 7.55. The molecule has 0 saturated heterocycles. The predicted octanol–water partition coefficient (Wildman–Crippen LogP) is 1.14. The van der Waals surface area contributed by atoms with Gasteiger partial charge >= 0.3 is 0 Å². The quantitative estimate of drug-likeness (QED) is 0.497. The molecule has 0 spiro atoms. The van der Waals surface area contributed by atoms with E-state index in [0.29, 0.717) is 22.1 Å². The highest BCUT2D eigenvalue weighted by Crippen LogP contribution is 2.37. The van der Waals surface area contributed by atoms with Crippen LogP contribution in [0.25, 0.3) is 11.0 Å². The Morgan fingerprint density at radius 1 is 1.29 bits per heavy atom. The Labute approximate surface area is 80.8 Å². The Bertz CT molecular complexity index is 494. The van der Waals surface area contributed by atoms with Crippen LogP contribution in [0.2, 0.25) is 0 Å². The number of hydrogen-bond donors (Lipinski definition) is 0. The van der Waals surface area contributed by atoms with Crippen molar-refractivity contribution in [1.29, 1.82) is 0 Å². The molecule has 1 aliphatic rings. The molecule has 0 amide bonds. The second kappa shape index (κ2) is 2.64. The Morgan fingerprint density at radius 3 is 2.86 bits per heavy atom. The first-order valence-electron chi connectivity index (χ1n) is 4.71. The fourth-order valence-electron chi connectivity index (χ4n) is 1.53. The molecule has 3 rings (SSSR count). The van der Waals surface area contributed by atoms with Crippen molar-refractivity contribution in [1.82, 2.24) is 10.1 Å². The fraction of sp³-hybridized carbons (Fsp3) is 0.300. The second-order valence-electron chi connectivity index (χ2n) is 3.61. The van der Waals surface area contributed by atoms with E-state index in [9.17, 15) is 5.21 Å². The van der Waals surface area contributed by atoms with Crippen molar-refractivity contribution in [2.45, 2.75) is 18.8 Å². The minimum atomic E-state index is 0.416. The van der Waals surface area contributed by atoms with Crippen molar-refractivity contribution in [2.75, 3.05) is 0 Å². The van der Waals surface area contributed by atoms with Crippen LogP contribution in [0.5, 0.6) is 0 Å². The van der Waals surface area contributed by atoms with Crippen LogP contribution in [0.4, 0.5) is 0 Å². The van der Waals surface area contributed by atoms with Crippen molar-refractivity contribution in [3.63, 3.8) is 0 Å². The van der Waals surface area contributed by atoms with Gasteiger partial charge in [-0.1, -0.05) is 12.1 Å². The van der Waals surface area contributed by atoms with E-state index in [4.69, 9.17) is 0 Å². The zero-order chi connectivity index (χ0) is 9.54. The summed E-state index contributed by atoms with van der Waals surface area (Å²) in [5.74, 6) is 1.11. The molecule has 0 atom stereocenters. The smallest absolute Gasteiger partial charge is 0.270 e. The number of benzene rings is 1. The van der Waals surface area contributed by atoms with Crippen LogP contribution in [0.3, 0.4) is 0 Å². The monoisotopic (exact) mass is 187 g/mol. The van der Waals surface area contributed by atoms with Crippen molar-refractivity contribution < 1.29 is 4.85 Å². The molecule has 70 valence electrons. The third kappa shape index (κ3) is 1.11. The third-order valence-electron chi connectivity index (χ3n) is 2.46. The van der Waals surface area contributed by atoms with E-state index in [0.717, 1.165) is 18.4 Å². The van der Waals surface area contributed by atoms with E-state index >= 15 is 0 Å². The summed E-state index contributed by atoms with van der Waals surface area (Å²) in [7, 11) is 0. The molecule has 0 bridgehead atoms. The van der Waals surface area contributed by atoms with Crippen LogP contribution in [0, 0.1) is 5.21 Å². The molecule has 4 heteroatoms. The van der Waals surface area contributed by atoms with Gasteiger partial charge in [-0.3, -0.25) is 0 Å². The molecule has 1 saturated carbocycles. The average molecular weight is 187 g/mol. The van der Waals surface area contributed by atoms with Gasteiger partial charge in [0.05, 0.1) is 0 Å². The lowest BCUT2D eigenvalue weighted by molar-refractivity contribution is -0.644. The molecule has 1 fully saturated rings. The fourth-order valence-corrected chi connectivity index (χ4v) is 1.53. The van der Waals surface area contributed by atoms with Gasteiger partial charge in [0, 0.05) is 17.1 Å². The molecule has 1 aromatic heterocycles. The van der Waals surface area contributed by atoms with Crippen LogP contribution >= 0.6 is 0 Å². The van der Waals surface area contributed by atoms with Gasteiger partial charge in [-0.15, -0.1) is 0 Å². The molecule has 1 aromatic carbocycles. The van der Waals surface area contributed by atoms with Crippen molar-refractivity contribution in [3.05, 3.63) is 35.3 Å². The summed E-state index contributed by atoms with van der Waals surface area (Å²) in [6, 6.07) is 7.28. The van der Waals surface area contributed by atoms with Gasteiger partial charge in [0.1, 0.15) is 5.52 Å². The van der Waals surface area contributed by atoms with Crippen molar-refractivity contribution >= 4 is 11.0 Å². The van der Waals surface area contributed by atoms with Crippen molar-refractivity contribution in [3.8, 4) is 0 Å². The normalized spacial score (nSPS) is 16.0. The lowest BCUT2D eigenvalue weighted by Crippen LogP contribution is -2.33. The molecular formula is C10H9N3O. The van der Waals surface area contributed by atoms with Crippen molar-refractivity contribution in [2.24, 2.45) is 0 Å². The van der Waals surface area contributed by atoms with Gasteiger partial charge in [-0.25, -0.2) is 4.98 Å². The van der Waals surface area contributed by atoms with E-state index in [2.05, 4.69) is 10.1 Å². The topological polar surface area (TPSA) is 52.7 Å². The van der Waals surface area contributed by atoms with E-state index < -0.39 is 0 Å². The first kappa shape index (κ1) is 7.67. The van der Waals surface area contributed by atoms with Crippen LogP contribution < -0.4 is 4.85 Å². The SMILES string of the molecule is [O-][n+]1nc(C2CC2)nc2ccccc21. The summed E-state index contributed by atoms with van der Waals surface area (Å²) in [4.78, 5) is 5.04. The first-order chi connectivity index (χ1) is 6.84. The number of fused-ring (bicyclic) bond motifs is 1. The molecule has 1 aliphatic carbocycles. The number of nitrogens with zero attached hydrogens (tertiary/aromatic N) is 3. The molecule has 4 nitrogen and oxygen atoms in total. The highest BCUT2D eigenvalue weighted by Gasteiger charge is 2.29. The molecule has 1 heterocycles. The van der Waals surface area contributed by atoms with Crippen LogP contribution in [0.15, 0.2) is 24.3 Å². The lowest BCUT2D eigenvalue weighted by Gasteiger charge is -2.00. The summed E-state index contributed by atoms with van der Waals surface area (Å²) in [5.41, 5.74) is 1.27. The third-order valence-corrected chi connectivity index (χ3v) is 2.46. The maximum absolute atomic E-state index is 11.5. The Balaban J connectivity index is 2.27. The van der Waals surface area contributed by atoms with E-state index in [1.165, 1.54) is 0 Å². The van der Waals surface area contributed by atoms with E-state index in [1.54, 1.807) is 6.07 Å².